The van der Waals surface area contributed by atoms with E-state index in [0.29, 0.717) is 0 Å². The summed E-state index contributed by atoms with van der Waals surface area (Å²) in [4.78, 5) is 8.55. The average Bonchev–Trinajstić information content (AvgIpc) is 2.86. The highest BCUT2D eigenvalue weighted by Gasteiger charge is 2.11. The van der Waals surface area contributed by atoms with Crippen molar-refractivity contribution in [2.24, 2.45) is 7.05 Å². The fourth-order valence-corrected chi connectivity index (χ4v) is 1.69. The monoisotopic (exact) mass is 247 g/mol. The van der Waals surface area contributed by atoms with Crippen LogP contribution in [0, 0.1) is 0 Å². The number of imidazole rings is 2. The maximum absolute atomic E-state index is 4.33. The van der Waals surface area contributed by atoms with Crippen LogP contribution in [0.3, 0.4) is 0 Å². The molecule has 0 aromatic carbocycles. The lowest BCUT2D eigenvalue weighted by Crippen LogP contribution is -2.35. The Morgan fingerprint density at radius 2 is 2.11 bits per heavy atom. The zero-order valence-electron chi connectivity index (χ0n) is 11.5. The molecule has 2 aromatic rings. The molecule has 0 saturated heterocycles. The minimum Gasteiger partial charge on any atom is -0.337 e. The molecular weight excluding hydrogens is 226 g/mol. The van der Waals surface area contributed by atoms with E-state index >= 15 is 0 Å². The lowest BCUT2D eigenvalue weighted by molar-refractivity contribution is 0.416. The molecule has 0 bridgehead atoms. The van der Waals surface area contributed by atoms with Gasteiger partial charge in [0.05, 0.1) is 18.6 Å². The Hall–Kier alpha value is -1.62. The molecule has 0 unspecified atom stereocenters. The van der Waals surface area contributed by atoms with Crippen LogP contribution < -0.4 is 5.32 Å². The lowest BCUT2D eigenvalue weighted by atomic mass is 10.1. The van der Waals surface area contributed by atoms with Gasteiger partial charge >= 0.3 is 0 Å². The van der Waals surface area contributed by atoms with E-state index in [0.717, 1.165) is 18.9 Å². The van der Waals surface area contributed by atoms with Gasteiger partial charge in [-0.1, -0.05) is 0 Å². The first kappa shape index (κ1) is 12.8. The molecule has 0 aliphatic rings. The third-order valence-electron chi connectivity index (χ3n) is 2.83. The molecule has 0 radical (unpaired) electrons. The summed E-state index contributed by atoms with van der Waals surface area (Å²) in [7, 11) is 2.01. The summed E-state index contributed by atoms with van der Waals surface area (Å²) in [6.45, 7) is 8.05. The highest BCUT2D eigenvalue weighted by Crippen LogP contribution is 2.06. The summed E-state index contributed by atoms with van der Waals surface area (Å²) in [5.41, 5.74) is 1.28. The number of aryl methyl sites for hydroxylation is 1. The summed E-state index contributed by atoms with van der Waals surface area (Å²) in [6.07, 6.45) is 7.54. The fourth-order valence-electron chi connectivity index (χ4n) is 1.69. The molecule has 0 aliphatic heterocycles. The Kier molecular flexibility index (Phi) is 3.52. The van der Waals surface area contributed by atoms with Gasteiger partial charge < -0.3 is 14.5 Å². The molecule has 1 N–H and O–H groups in total. The van der Waals surface area contributed by atoms with E-state index in [1.807, 2.05) is 36.5 Å². The number of rotatable bonds is 4. The first-order valence-corrected chi connectivity index (χ1v) is 6.16. The van der Waals surface area contributed by atoms with E-state index < -0.39 is 0 Å². The highest BCUT2D eigenvalue weighted by atomic mass is 15.1. The second kappa shape index (κ2) is 4.94. The molecule has 2 aromatic heterocycles. The molecule has 18 heavy (non-hydrogen) atoms. The van der Waals surface area contributed by atoms with Crippen LogP contribution in [-0.2, 0) is 20.1 Å². The lowest BCUT2D eigenvalue weighted by Gasteiger charge is -2.20. The van der Waals surface area contributed by atoms with Crippen molar-refractivity contribution in [3.63, 3.8) is 0 Å². The van der Waals surface area contributed by atoms with Crippen molar-refractivity contribution < 1.29 is 0 Å². The van der Waals surface area contributed by atoms with Crippen LogP contribution in [0.5, 0.6) is 0 Å². The van der Waals surface area contributed by atoms with Gasteiger partial charge in [-0.25, -0.2) is 9.97 Å². The molecule has 0 fully saturated rings. The van der Waals surface area contributed by atoms with Crippen LogP contribution in [0.25, 0.3) is 0 Å². The molecule has 2 heterocycles. The average molecular weight is 247 g/mol. The summed E-state index contributed by atoms with van der Waals surface area (Å²) in [6, 6.07) is 0. The minimum absolute atomic E-state index is 0.109. The summed E-state index contributed by atoms with van der Waals surface area (Å²) in [5, 5.41) is 3.47. The highest BCUT2D eigenvalue weighted by molar-refractivity contribution is 5.02. The Morgan fingerprint density at radius 1 is 1.33 bits per heavy atom. The van der Waals surface area contributed by atoms with Gasteiger partial charge in [0.2, 0.25) is 0 Å². The third kappa shape index (κ3) is 3.20. The fraction of sp³-hybridized carbons (Fsp3) is 0.538. The molecule has 0 saturated carbocycles. The predicted octanol–water partition coefficient (Wildman–Crippen LogP) is 1.55. The smallest absolute Gasteiger partial charge is 0.128 e. The van der Waals surface area contributed by atoms with Gasteiger partial charge in [-0.15, -0.1) is 0 Å². The van der Waals surface area contributed by atoms with Crippen molar-refractivity contribution in [2.75, 3.05) is 0 Å². The van der Waals surface area contributed by atoms with Crippen LogP contribution in [0.2, 0.25) is 0 Å². The summed E-state index contributed by atoms with van der Waals surface area (Å²) >= 11 is 0. The van der Waals surface area contributed by atoms with Gasteiger partial charge in [-0.2, -0.15) is 0 Å². The Labute approximate surface area is 108 Å². The predicted molar refractivity (Wildman–Crippen MR) is 71.1 cm³/mol. The Balaban J connectivity index is 2.06. The van der Waals surface area contributed by atoms with Crippen LogP contribution in [0.4, 0.5) is 0 Å². The first-order valence-electron chi connectivity index (χ1n) is 6.16. The molecule has 0 atom stereocenters. The second-order valence-corrected chi connectivity index (χ2v) is 5.57. The summed E-state index contributed by atoms with van der Waals surface area (Å²) < 4.78 is 4.15. The molecular formula is C13H21N5. The molecule has 5 heteroatoms. The molecule has 0 amide bonds. The van der Waals surface area contributed by atoms with Crippen molar-refractivity contribution in [3.8, 4) is 0 Å². The number of nitrogens with one attached hydrogen (secondary N) is 1. The van der Waals surface area contributed by atoms with Gasteiger partial charge in [0, 0.05) is 37.7 Å². The van der Waals surface area contributed by atoms with Crippen LogP contribution in [0.1, 0.15) is 32.3 Å². The number of aromatic nitrogens is 4. The minimum atomic E-state index is 0.109. The van der Waals surface area contributed by atoms with Gasteiger partial charge in [0.15, 0.2) is 0 Å². The molecule has 0 aliphatic carbocycles. The maximum Gasteiger partial charge on any atom is 0.128 e. The van der Waals surface area contributed by atoms with Crippen LogP contribution >= 0.6 is 0 Å². The molecule has 5 nitrogen and oxygen atoms in total. The Bertz CT molecular complexity index is 503. The van der Waals surface area contributed by atoms with Gasteiger partial charge in [-0.3, -0.25) is 0 Å². The zero-order valence-corrected chi connectivity index (χ0v) is 11.5. The summed E-state index contributed by atoms with van der Waals surface area (Å²) in [5.74, 6) is 1.03. The van der Waals surface area contributed by atoms with E-state index in [1.54, 1.807) is 0 Å². The SMILES string of the molecule is Cn1ccnc1Cn1cncc1CNC(C)(C)C. The first-order chi connectivity index (χ1) is 8.46. The third-order valence-corrected chi connectivity index (χ3v) is 2.83. The van der Waals surface area contributed by atoms with E-state index in [9.17, 15) is 0 Å². The maximum atomic E-state index is 4.33. The van der Waals surface area contributed by atoms with Crippen molar-refractivity contribution in [1.82, 2.24) is 24.4 Å². The molecule has 0 spiro atoms. The van der Waals surface area contributed by atoms with Crippen LogP contribution in [-0.4, -0.2) is 24.6 Å². The van der Waals surface area contributed by atoms with E-state index in [-0.39, 0.29) is 5.54 Å². The van der Waals surface area contributed by atoms with Gasteiger partial charge in [0.25, 0.3) is 0 Å². The topological polar surface area (TPSA) is 47.7 Å². The number of hydrogen-bond acceptors (Lipinski definition) is 3. The van der Waals surface area contributed by atoms with Crippen molar-refractivity contribution in [1.29, 1.82) is 0 Å². The molecule has 2 rings (SSSR count). The zero-order chi connectivity index (χ0) is 13.2. The Morgan fingerprint density at radius 3 is 2.72 bits per heavy atom. The van der Waals surface area contributed by atoms with Crippen molar-refractivity contribution in [3.05, 3.63) is 36.4 Å². The molecule has 98 valence electrons. The van der Waals surface area contributed by atoms with E-state index in [1.165, 1.54) is 5.69 Å². The van der Waals surface area contributed by atoms with Crippen molar-refractivity contribution >= 4 is 0 Å². The normalized spacial score (nSPS) is 12.0. The van der Waals surface area contributed by atoms with Gasteiger partial charge in [0.1, 0.15) is 5.82 Å². The van der Waals surface area contributed by atoms with Crippen molar-refractivity contribution in [2.45, 2.75) is 39.4 Å². The second-order valence-electron chi connectivity index (χ2n) is 5.57. The largest absolute Gasteiger partial charge is 0.337 e. The van der Waals surface area contributed by atoms with Crippen LogP contribution in [0.15, 0.2) is 24.9 Å². The standard InChI is InChI=1S/C13H21N5/c1-13(2,3)16-8-11-7-14-10-18(11)9-12-15-5-6-17(12)4/h5-7,10,16H,8-9H2,1-4H3. The quantitative estimate of drug-likeness (QED) is 0.891. The number of nitrogens with zero attached hydrogens (tertiary/aromatic N) is 4. The number of hydrogen-bond donors (Lipinski definition) is 1. The van der Waals surface area contributed by atoms with E-state index in [4.69, 9.17) is 0 Å². The van der Waals surface area contributed by atoms with Gasteiger partial charge in [-0.05, 0) is 20.8 Å². The van der Waals surface area contributed by atoms with E-state index in [2.05, 4.69) is 40.6 Å².